The highest BCUT2D eigenvalue weighted by Crippen LogP contribution is 2.33. The van der Waals surface area contributed by atoms with Crippen molar-refractivity contribution in [2.24, 2.45) is 0 Å². The van der Waals surface area contributed by atoms with E-state index in [1.54, 1.807) is 6.07 Å². The van der Waals surface area contributed by atoms with Crippen molar-refractivity contribution in [2.45, 2.75) is 6.36 Å². The predicted molar refractivity (Wildman–Crippen MR) is 86.6 cm³/mol. The Morgan fingerprint density at radius 1 is 1.00 bits per heavy atom. The molecule has 1 aromatic heterocycles. The summed E-state index contributed by atoms with van der Waals surface area (Å²) in [5, 5.41) is 0.790. The molecule has 3 rings (SSSR count). The van der Waals surface area contributed by atoms with Gasteiger partial charge in [0.15, 0.2) is 0 Å². The maximum absolute atomic E-state index is 12.3. The second kappa shape index (κ2) is 6.02. The molecule has 0 spiro atoms. The Labute approximate surface area is 143 Å². The summed E-state index contributed by atoms with van der Waals surface area (Å²) in [6.07, 6.45) is -4.73. The SMILES string of the molecule is FC(F)(F)Oc1ccc2nc(Cl)c(-c3ccc(Br)cc3)cc2c1. The molecule has 0 aliphatic carbocycles. The van der Waals surface area contributed by atoms with E-state index in [1.807, 2.05) is 24.3 Å². The molecule has 0 saturated carbocycles. The van der Waals surface area contributed by atoms with Crippen LogP contribution in [-0.2, 0) is 0 Å². The molecule has 118 valence electrons. The van der Waals surface area contributed by atoms with Gasteiger partial charge in [0.25, 0.3) is 0 Å². The van der Waals surface area contributed by atoms with Gasteiger partial charge in [-0.05, 0) is 42.0 Å². The van der Waals surface area contributed by atoms with Crippen LogP contribution in [0.15, 0.2) is 53.0 Å². The monoisotopic (exact) mass is 401 g/mol. The first-order valence-corrected chi connectivity index (χ1v) is 7.61. The van der Waals surface area contributed by atoms with Gasteiger partial charge in [0.05, 0.1) is 5.52 Å². The van der Waals surface area contributed by atoms with Crippen LogP contribution in [0.5, 0.6) is 5.75 Å². The molecule has 0 atom stereocenters. The number of fused-ring (bicyclic) bond motifs is 1. The van der Waals surface area contributed by atoms with E-state index in [0.717, 1.165) is 10.0 Å². The van der Waals surface area contributed by atoms with Gasteiger partial charge in [0, 0.05) is 15.4 Å². The number of benzene rings is 2. The first-order chi connectivity index (χ1) is 10.8. The molecule has 23 heavy (non-hydrogen) atoms. The van der Waals surface area contributed by atoms with Crippen molar-refractivity contribution >= 4 is 38.4 Å². The van der Waals surface area contributed by atoms with Crippen LogP contribution in [0.2, 0.25) is 5.15 Å². The van der Waals surface area contributed by atoms with Gasteiger partial charge in [-0.3, -0.25) is 0 Å². The molecule has 0 bridgehead atoms. The van der Waals surface area contributed by atoms with Crippen LogP contribution < -0.4 is 4.74 Å². The minimum Gasteiger partial charge on any atom is -0.406 e. The average Bonchev–Trinajstić information content (AvgIpc) is 2.46. The third-order valence-electron chi connectivity index (χ3n) is 3.13. The smallest absolute Gasteiger partial charge is 0.406 e. The molecular weight excluding hydrogens is 395 g/mol. The summed E-state index contributed by atoms with van der Waals surface area (Å²) in [6, 6.07) is 13.0. The largest absolute Gasteiger partial charge is 0.573 e. The first kappa shape index (κ1) is 16.1. The summed E-state index contributed by atoms with van der Waals surface area (Å²) < 4.78 is 41.8. The maximum atomic E-state index is 12.3. The number of ether oxygens (including phenoxy) is 1. The fourth-order valence-corrected chi connectivity index (χ4v) is 2.68. The van der Waals surface area contributed by atoms with Crippen molar-refractivity contribution in [1.29, 1.82) is 0 Å². The molecule has 3 aromatic rings. The zero-order valence-electron chi connectivity index (χ0n) is 11.4. The Hall–Kier alpha value is -1.79. The molecule has 0 fully saturated rings. The summed E-state index contributed by atoms with van der Waals surface area (Å²) in [7, 11) is 0. The highest BCUT2D eigenvalue weighted by atomic mass is 79.9. The third-order valence-corrected chi connectivity index (χ3v) is 3.95. The lowest BCUT2D eigenvalue weighted by atomic mass is 10.1. The fraction of sp³-hybridized carbons (Fsp3) is 0.0625. The molecule has 0 aliphatic heterocycles. The normalized spacial score (nSPS) is 11.7. The van der Waals surface area contributed by atoms with Crippen molar-refractivity contribution in [2.75, 3.05) is 0 Å². The number of pyridine rings is 1. The Morgan fingerprint density at radius 3 is 2.35 bits per heavy atom. The van der Waals surface area contributed by atoms with Crippen molar-refractivity contribution < 1.29 is 17.9 Å². The summed E-state index contributed by atoms with van der Waals surface area (Å²) in [5.74, 6) is -0.295. The van der Waals surface area contributed by atoms with Gasteiger partial charge < -0.3 is 4.74 Å². The summed E-state index contributed by atoms with van der Waals surface area (Å²) in [4.78, 5) is 4.23. The Kier molecular flexibility index (Phi) is 4.21. The summed E-state index contributed by atoms with van der Waals surface area (Å²) in [6.45, 7) is 0. The van der Waals surface area contributed by atoms with E-state index in [-0.39, 0.29) is 10.9 Å². The molecule has 7 heteroatoms. The van der Waals surface area contributed by atoms with Crippen LogP contribution in [0.4, 0.5) is 13.2 Å². The van der Waals surface area contributed by atoms with Crippen LogP contribution in [0.3, 0.4) is 0 Å². The van der Waals surface area contributed by atoms with E-state index in [9.17, 15) is 13.2 Å². The van der Waals surface area contributed by atoms with Crippen LogP contribution in [0.1, 0.15) is 0 Å². The van der Waals surface area contributed by atoms with E-state index < -0.39 is 6.36 Å². The second-order valence-corrected chi connectivity index (χ2v) is 6.01. The van der Waals surface area contributed by atoms with Crippen LogP contribution in [-0.4, -0.2) is 11.3 Å². The van der Waals surface area contributed by atoms with Crippen molar-refractivity contribution in [3.63, 3.8) is 0 Å². The van der Waals surface area contributed by atoms with Gasteiger partial charge >= 0.3 is 6.36 Å². The zero-order chi connectivity index (χ0) is 16.6. The number of aromatic nitrogens is 1. The van der Waals surface area contributed by atoms with Crippen molar-refractivity contribution in [3.05, 3.63) is 58.2 Å². The fourth-order valence-electron chi connectivity index (χ4n) is 2.16. The van der Waals surface area contributed by atoms with E-state index >= 15 is 0 Å². The molecular formula is C16H8BrClF3NO. The molecule has 0 unspecified atom stereocenters. The van der Waals surface area contributed by atoms with Crippen LogP contribution >= 0.6 is 27.5 Å². The molecule has 0 aliphatic rings. The quantitative estimate of drug-likeness (QED) is 0.475. The number of hydrogen-bond acceptors (Lipinski definition) is 2. The van der Waals surface area contributed by atoms with Crippen molar-refractivity contribution in [1.82, 2.24) is 4.98 Å². The third kappa shape index (κ3) is 3.76. The van der Waals surface area contributed by atoms with Crippen LogP contribution in [0.25, 0.3) is 22.0 Å². The van der Waals surface area contributed by atoms with Gasteiger partial charge in [-0.1, -0.05) is 39.7 Å². The standard InChI is InChI=1S/C16H8BrClF3NO/c17-11-3-1-9(2-4-11)13-8-10-7-12(23-16(19,20)21)5-6-14(10)22-15(13)18/h1-8H. The second-order valence-electron chi connectivity index (χ2n) is 4.74. The first-order valence-electron chi connectivity index (χ1n) is 6.44. The molecule has 2 nitrogen and oxygen atoms in total. The zero-order valence-corrected chi connectivity index (χ0v) is 13.7. The van der Waals surface area contributed by atoms with E-state index in [1.165, 1.54) is 18.2 Å². The lowest BCUT2D eigenvalue weighted by Crippen LogP contribution is -2.17. The molecule has 0 saturated heterocycles. The molecule has 1 heterocycles. The van der Waals surface area contributed by atoms with Crippen LogP contribution in [0, 0.1) is 0 Å². The van der Waals surface area contributed by atoms with Gasteiger partial charge in [-0.2, -0.15) is 0 Å². The van der Waals surface area contributed by atoms with Gasteiger partial charge in [0.1, 0.15) is 10.9 Å². The number of hydrogen-bond donors (Lipinski definition) is 0. The Morgan fingerprint density at radius 2 is 1.70 bits per heavy atom. The van der Waals surface area contributed by atoms with Gasteiger partial charge in [0.2, 0.25) is 0 Å². The van der Waals surface area contributed by atoms with E-state index in [0.29, 0.717) is 16.5 Å². The number of nitrogens with zero attached hydrogens (tertiary/aromatic N) is 1. The lowest BCUT2D eigenvalue weighted by Gasteiger charge is -2.11. The summed E-state index contributed by atoms with van der Waals surface area (Å²) in [5.41, 5.74) is 1.94. The Balaban J connectivity index is 2.09. The molecule has 0 amide bonds. The minimum absolute atomic E-state index is 0.282. The van der Waals surface area contributed by atoms with E-state index in [2.05, 4.69) is 25.7 Å². The highest BCUT2D eigenvalue weighted by molar-refractivity contribution is 9.10. The molecule has 2 aromatic carbocycles. The predicted octanol–water partition coefficient (Wildman–Crippen LogP) is 6.22. The number of rotatable bonds is 2. The van der Waals surface area contributed by atoms with Gasteiger partial charge in [-0.15, -0.1) is 13.2 Å². The highest BCUT2D eigenvalue weighted by Gasteiger charge is 2.31. The maximum Gasteiger partial charge on any atom is 0.573 e. The molecule has 0 radical (unpaired) electrons. The van der Waals surface area contributed by atoms with Gasteiger partial charge in [-0.25, -0.2) is 4.98 Å². The molecule has 0 N–H and O–H groups in total. The minimum atomic E-state index is -4.73. The van der Waals surface area contributed by atoms with E-state index in [4.69, 9.17) is 11.6 Å². The number of alkyl halides is 3. The lowest BCUT2D eigenvalue weighted by molar-refractivity contribution is -0.274. The average molecular weight is 403 g/mol. The topological polar surface area (TPSA) is 22.1 Å². The number of halogens is 5. The Bertz CT molecular complexity index is 866. The van der Waals surface area contributed by atoms with Crippen molar-refractivity contribution in [3.8, 4) is 16.9 Å². The summed E-state index contributed by atoms with van der Waals surface area (Å²) >= 11 is 9.53.